The van der Waals surface area contributed by atoms with Gasteiger partial charge in [-0.15, -0.1) is 0 Å². The van der Waals surface area contributed by atoms with E-state index < -0.39 is 0 Å². The maximum Gasteiger partial charge on any atom is 0.252 e. The highest BCUT2D eigenvalue weighted by molar-refractivity contribution is 5.78. The van der Waals surface area contributed by atoms with Gasteiger partial charge in [-0.1, -0.05) is 42.5 Å². The molecule has 23 heavy (non-hydrogen) atoms. The van der Waals surface area contributed by atoms with E-state index in [-0.39, 0.29) is 5.56 Å². The van der Waals surface area contributed by atoms with Crippen molar-refractivity contribution in [3.05, 3.63) is 81.6 Å². The maximum absolute atomic E-state index is 12.3. The summed E-state index contributed by atoms with van der Waals surface area (Å²) in [6.45, 7) is 0.596. The molecule has 3 heteroatoms. The lowest BCUT2D eigenvalue weighted by molar-refractivity contribution is 0.458. The predicted molar refractivity (Wildman–Crippen MR) is 93.5 cm³/mol. The van der Waals surface area contributed by atoms with Gasteiger partial charge >= 0.3 is 0 Å². The van der Waals surface area contributed by atoms with Gasteiger partial charge in [-0.3, -0.25) is 4.79 Å². The van der Waals surface area contributed by atoms with Crippen molar-refractivity contribution in [3.8, 4) is 0 Å². The van der Waals surface area contributed by atoms with E-state index in [0.717, 1.165) is 29.3 Å². The Bertz CT molecular complexity index is 897. The summed E-state index contributed by atoms with van der Waals surface area (Å²) in [4.78, 5) is 15.2. The zero-order chi connectivity index (χ0) is 15.6. The molecule has 1 aliphatic carbocycles. The first-order chi connectivity index (χ1) is 11.3. The van der Waals surface area contributed by atoms with Gasteiger partial charge in [0.2, 0.25) is 0 Å². The van der Waals surface area contributed by atoms with E-state index in [1.54, 1.807) is 0 Å². The largest absolute Gasteiger partial charge is 0.322 e. The summed E-state index contributed by atoms with van der Waals surface area (Å²) in [6, 6.07) is 18.9. The van der Waals surface area contributed by atoms with Crippen molar-refractivity contribution >= 4 is 10.9 Å². The third kappa shape index (κ3) is 2.80. The van der Waals surface area contributed by atoms with Gasteiger partial charge in [0.25, 0.3) is 5.56 Å². The molecule has 3 aromatic rings. The smallest absolute Gasteiger partial charge is 0.252 e. The Morgan fingerprint density at radius 2 is 1.91 bits per heavy atom. The molecule has 1 unspecified atom stereocenters. The van der Waals surface area contributed by atoms with E-state index in [4.69, 9.17) is 0 Å². The van der Waals surface area contributed by atoms with Gasteiger partial charge in [-0.05, 0) is 47.9 Å². The Morgan fingerprint density at radius 1 is 1.09 bits per heavy atom. The van der Waals surface area contributed by atoms with E-state index in [2.05, 4.69) is 34.6 Å². The topological polar surface area (TPSA) is 44.9 Å². The molecule has 0 radical (unpaired) electrons. The summed E-state index contributed by atoms with van der Waals surface area (Å²) in [5.41, 5.74) is 4.51. The van der Waals surface area contributed by atoms with Gasteiger partial charge in [0.15, 0.2) is 0 Å². The number of para-hydroxylation sites is 1. The van der Waals surface area contributed by atoms with Crippen LogP contribution in [-0.2, 0) is 13.0 Å². The van der Waals surface area contributed by atoms with Crippen LogP contribution in [0.3, 0.4) is 0 Å². The quantitative estimate of drug-likeness (QED) is 0.775. The van der Waals surface area contributed by atoms with Gasteiger partial charge < -0.3 is 10.3 Å². The molecule has 1 atom stereocenters. The Morgan fingerprint density at radius 3 is 2.87 bits per heavy atom. The van der Waals surface area contributed by atoms with Crippen LogP contribution in [-0.4, -0.2) is 4.98 Å². The molecule has 116 valence electrons. The molecule has 0 amide bonds. The fourth-order valence-corrected chi connectivity index (χ4v) is 3.52. The second kappa shape index (κ2) is 6.01. The van der Waals surface area contributed by atoms with Crippen LogP contribution < -0.4 is 10.9 Å². The standard InChI is InChI=1S/C20H20N2O/c23-20-16(12-15-7-2-4-10-18(15)22-20)13-21-19-11-5-8-14-6-1-3-9-17(14)19/h1-4,6-7,9-10,12,19,21H,5,8,11,13H2,(H,22,23). The number of rotatable bonds is 3. The van der Waals surface area contributed by atoms with Crippen molar-refractivity contribution in [1.82, 2.24) is 10.3 Å². The minimum Gasteiger partial charge on any atom is -0.322 e. The average Bonchev–Trinajstić information content (AvgIpc) is 2.60. The summed E-state index contributed by atoms with van der Waals surface area (Å²) < 4.78 is 0. The van der Waals surface area contributed by atoms with Crippen molar-refractivity contribution in [2.45, 2.75) is 31.8 Å². The fraction of sp³-hybridized carbons (Fsp3) is 0.250. The number of benzene rings is 2. The first-order valence-corrected chi connectivity index (χ1v) is 8.23. The number of nitrogens with one attached hydrogen (secondary N) is 2. The number of hydrogen-bond donors (Lipinski definition) is 2. The molecule has 1 aliphatic rings. The first-order valence-electron chi connectivity index (χ1n) is 8.23. The number of H-pyrrole nitrogens is 1. The molecular weight excluding hydrogens is 284 g/mol. The molecule has 0 saturated heterocycles. The van der Waals surface area contributed by atoms with Crippen LogP contribution in [0.2, 0.25) is 0 Å². The third-order valence-corrected chi connectivity index (χ3v) is 4.74. The molecular formula is C20H20N2O. The van der Waals surface area contributed by atoms with Gasteiger partial charge in [0.05, 0.1) is 0 Å². The summed E-state index contributed by atoms with van der Waals surface area (Å²) >= 11 is 0. The SMILES string of the molecule is O=c1[nH]c2ccccc2cc1CNC1CCCc2ccccc21. The number of aromatic nitrogens is 1. The van der Waals surface area contributed by atoms with E-state index in [0.29, 0.717) is 12.6 Å². The summed E-state index contributed by atoms with van der Waals surface area (Å²) in [7, 11) is 0. The van der Waals surface area contributed by atoms with Gasteiger partial charge in [0, 0.05) is 23.7 Å². The highest BCUT2D eigenvalue weighted by Crippen LogP contribution is 2.29. The van der Waals surface area contributed by atoms with Crippen LogP contribution in [0.1, 0.15) is 35.6 Å². The Balaban J connectivity index is 1.58. The summed E-state index contributed by atoms with van der Waals surface area (Å²) in [6.07, 6.45) is 3.48. The Kier molecular flexibility index (Phi) is 3.72. The highest BCUT2D eigenvalue weighted by Gasteiger charge is 2.19. The van der Waals surface area contributed by atoms with E-state index in [9.17, 15) is 4.79 Å². The molecule has 1 aromatic heterocycles. The molecule has 1 heterocycles. The maximum atomic E-state index is 12.3. The molecule has 0 aliphatic heterocycles. The number of pyridine rings is 1. The van der Waals surface area contributed by atoms with Crippen LogP contribution >= 0.6 is 0 Å². The van der Waals surface area contributed by atoms with Gasteiger partial charge in [-0.2, -0.15) is 0 Å². The Labute approximate surface area is 135 Å². The second-order valence-electron chi connectivity index (χ2n) is 6.24. The monoisotopic (exact) mass is 304 g/mol. The lowest BCUT2D eigenvalue weighted by atomic mass is 9.87. The minimum atomic E-state index is 0.000273. The summed E-state index contributed by atoms with van der Waals surface area (Å²) in [5.74, 6) is 0. The molecule has 0 fully saturated rings. The number of fused-ring (bicyclic) bond motifs is 2. The lowest BCUT2D eigenvalue weighted by Crippen LogP contribution is -2.27. The Hall–Kier alpha value is -2.39. The van der Waals surface area contributed by atoms with Crippen LogP contribution in [0, 0.1) is 0 Å². The molecule has 0 bridgehead atoms. The fourth-order valence-electron chi connectivity index (χ4n) is 3.52. The molecule has 3 nitrogen and oxygen atoms in total. The van der Waals surface area contributed by atoms with Crippen LogP contribution in [0.15, 0.2) is 59.4 Å². The lowest BCUT2D eigenvalue weighted by Gasteiger charge is -2.26. The van der Waals surface area contributed by atoms with Gasteiger partial charge in [-0.25, -0.2) is 0 Å². The van der Waals surface area contributed by atoms with E-state index >= 15 is 0 Å². The highest BCUT2D eigenvalue weighted by atomic mass is 16.1. The average molecular weight is 304 g/mol. The van der Waals surface area contributed by atoms with Gasteiger partial charge in [0.1, 0.15) is 0 Å². The molecule has 2 aromatic carbocycles. The minimum absolute atomic E-state index is 0.000273. The van der Waals surface area contributed by atoms with Crippen molar-refractivity contribution in [3.63, 3.8) is 0 Å². The van der Waals surface area contributed by atoms with Crippen LogP contribution in [0.25, 0.3) is 10.9 Å². The molecule has 0 saturated carbocycles. The number of aryl methyl sites for hydroxylation is 1. The van der Waals surface area contributed by atoms with Crippen molar-refractivity contribution in [2.24, 2.45) is 0 Å². The predicted octanol–water partition coefficient (Wildman–Crippen LogP) is 3.70. The number of aromatic amines is 1. The summed E-state index contributed by atoms with van der Waals surface area (Å²) in [5, 5.41) is 4.66. The third-order valence-electron chi connectivity index (χ3n) is 4.74. The van der Waals surface area contributed by atoms with E-state index in [1.807, 2.05) is 30.3 Å². The first kappa shape index (κ1) is 14.2. The second-order valence-corrected chi connectivity index (χ2v) is 6.24. The zero-order valence-electron chi connectivity index (χ0n) is 13.0. The molecule has 0 spiro atoms. The molecule has 4 rings (SSSR count). The zero-order valence-corrected chi connectivity index (χ0v) is 13.0. The number of hydrogen-bond acceptors (Lipinski definition) is 2. The van der Waals surface area contributed by atoms with Crippen molar-refractivity contribution in [2.75, 3.05) is 0 Å². The normalized spacial score (nSPS) is 17.1. The molecule has 2 N–H and O–H groups in total. The van der Waals surface area contributed by atoms with Crippen LogP contribution in [0.5, 0.6) is 0 Å². The van der Waals surface area contributed by atoms with Crippen LogP contribution in [0.4, 0.5) is 0 Å². The van der Waals surface area contributed by atoms with E-state index in [1.165, 1.54) is 17.5 Å². The van der Waals surface area contributed by atoms with Crippen molar-refractivity contribution in [1.29, 1.82) is 0 Å². The van der Waals surface area contributed by atoms with Crippen molar-refractivity contribution < 1.29 is 0 Å².